The topological polar surface area (TPSA) is 65.5 Å². The molecule has 2 rings (SSSR count). The zero-order valence-electron chi connectivity index (χ0n) is 11.3. The third kappa shape index (κ3) is 4.26. The first kappa shape index (κ1) is 14.4. The highest BCUT2D eigenvalue weighted by Gasteiger charge is 2.19. The van der Waals surface area contributed by atoms with E-state index in [4.69, 9.17) is 5.11 Å². The van der Waals surface area contributed by atoms with Gasteiger partial charge in [0.05, 0.1) is 12.1 Å². The van der Waals surface area contributed by atoms with Gasteiger partial charge >= 0.3 is 0 Å². The van der Waals surface area contributed by atoms with Gasteiger partial charge in [-0.05, 0) is 31.8 Å². The second-order valence-corrected chi connectivity index (χ2v) is 5.93. The number of amides is 1. The lowest BCUT2D eigenvalue weighted by Gasteiger charge is -2.30. The van der Waals surface area contributed by atoms with Crippen molar-refractivity contribution in [2.24, 2.45) is 5.92 Å². The van der Waals surface area contributed by atoms with E-state index in [1.807, 2.05) is 5.38 Å². The molecule has 0 aromatic carbocycles. The van der Waals surface area contributed by atoms with Crippen LogP contribution >= 0.6 is 11.3 Å². The number of nitrogens with one attached hydrogen (secondary N) is 1. The van der Waals surface area contributed by atoms with Crippen LogP contribution in [0.3, 0.4) is 0 Å². The van der Waals surface area contributed by atoms with Crippen molar-refractivity contribution in [2.45, 2.75) is 25.8 Å². The Labute approximate surface area is 117 Å². The molecule has 19 heavy (non-hydrogen) atoms. The fourth-order valence-corrected chi connectivity index (χ4v) is 3.07. The molecule has 5 nitrogen and oxygen atoms in total. The fraction of sp³-hybridized carbons (Fsp3) is 0.692. The van der Waals surface area contributed by atoms with E-state index in [0.29, 0.717) is 18.9 Å². The molecular weight excluding hydrogens is 262 g/mol. The summed E-state index contributed by atoms with van der Waals surface area (Å²) in [5.41, 5.74) is 1.05. The zero-order valence-corrected chi connectivity index (χ0v) is 12.1. The average molecular weight is 283 g/mol. The summed E-state index contributed by atoms with van der Waals surface area (Å²) in [6, 6.07) is 0. The number of aliphatic hydroxyl groups is 1. The number of piperidine rings is 1. The van der Waals surface area contributed by atoms with E-state index in [1.165, 1.54) is 0 Å². The van der Waals surface area contributed by atoms with Gasteiger partial charge in [0.25, 0.3) is 0 Å². The normalized spacial score (nSPS) is 17.6. The molecule has 1 amide bonds. The van der Waals surface area contributed by atoms with Crippen LogP contribution in [0.5, 0.6) is 0 Å². The van der Waals surface area contributed by atoms with Crippen molar-refractivity contribution >= 4 is 17.2 Å². The van der Waals surface area contributed by atoms with E-state index in [9.17, 15) is 4.79 Å². The van der Waals surface area contributed by atoms with E-state index in [0.717, 1.165) is 43.2 Å². The van der Waals surface area contributed by atoms with Gasteiger partial charge in [-0.2, -0.15) is 0 Å². The maximum atomic E-state index is 11.3. The largest absolute Gasteiger partial charge is 0.396 e. The van der Waals surface area contributed by atoms with Crippen LogP contribution in [0.2, 0.25) is 0 Å². The number of hydrogen-bond donors (Lipinski definition) is 2. The molecule has 0 unspecified atom stereocenters. The van der Waals surface area contributed by atoms with Crippen molar-refractivity contribution in [3.05, 3.63) is 16.1 Å². The summed E-state index contributed by atoms with van der Waals surface area (Å²) in [6.07, 6.45) is 2.49. The maximum absolute atomic E-state index is 11.3. The number of hydrogen-bond acceptors (Lipinski definition) is 5. The Morgan fingerprint density at radius 3 is 2.95 bits per heavy atom. The Morgan fingerprint density at radius 2 is 2.32 bits per heavy atom. The molecule has 0 spiro atoms. The summed E-state index contributed by atoms with van der Waals surface area (Å²) < 4.78 is 0. The molecule has 1 aliphatic rings. The molecule has 106 valence electrons. The lowest BCUT2D eigenvalue weighted by Crippen LogP contribution is -2.34. The fourth-order valence-electron chi connectivity index (χ4n) is 2.28. The van der Waals surface area contributed by atoms with E-state index in [1.54, 1.807) is 18.4 Å². The predicted molar refractivity (Wildman–Crippen MR) is 75.0 cm³/mol. The Balaban J connectivity index is 1.82. The van der Waals surface area contributed by atoms with Crippen LogP contribution in [0, 0.1) is 5.92 Å². The smallest absolute Gasteiger partial charge is 0.226 e. The predicted octanol–water partition coefficient (Wildman–Crippen LogP) is 0.636. The molecule has 1 aromatic heterocycles. The lowest BCUT2D eigenvalue weighted by atomic mass is 9.98. The molecule has 1 aliphatic heterocycles. The third-order valence-corrected chi connectivity index (χ3v) is 4.44. The molecule has 2 heterocycles. The molecule has 6 heteroatoms. The van der Waals surface area contributed by atoms with Crippen LogP contribution in [0.4, 0.5) is 0 Å². The van der Waals surface area contributed by atoms with Gasteiger partial charge in [-0.3, -0.25) is 9.69 Å². The zero-order chi connectivity index (χ0) is 13.7. The summed E-state index contributed by atoms with van der Waals surface area (Å²) in [6.45, 7) is 3.20. The molecule has 0 aliphatic carbocycles. The van der Waals surface area contributed by atoms with Gasteiger partial charge in [0.2, 0.25) is 5.91 Å². The minimum Gasteiger partial charge on any atom is -0.396 e. The number of aliphatic hydroxyl groups excluding tert-OH is 1. The summed E-state index contributed by atoms with van der Waals surface area (Å²) in [4.78, 5) is 18.1. The van der Waals surface area contributed by atoms with Crippen LogP contribution in [0.25, 0.3) is 0 Å². The van der Waals surface area contributed by atoms with E-state index in [-0.39, 0.29) is 5.91 Å². The number of likely N-dealkylation sites (tertiary alicyclic amines) is 1. The number of rotatable bonds is 5. The molecular formula is C13H21N3O2S. The number of carbonyl (C=O) groups is 1. The molecule has 1 fully saturated rings. The highest BCUT2D eigenvalue weighted by atomic mass is 32.1. The Hall–Kier alpha value is -0.980. The summed E-state index contributed by atoms with van der Waals surface area (Å²) in [5.74, 6) is 0.472. The van der Waals surface area contributed by atoms with Crippen molar-refractivity contribution in [1.82, 2.24) is 15.2 Å². The van der Waals surface area contributed by atoms with Gasteiger partial charge in [-0.15, -0.1) is 11.3 Å². The standard InChI is InChI=1S/C13H21N3O2S/c1-14-12(18)6-13-15-11(9-19-13)7-16-4-2-10(8-17)3-5-16/h9-10,17H,2-8H2,1H3,(H,14,18). The molecule has 1 saturated heterocycles. The number of aromatic nitrogens is 1. The van der Waals surface area contributed by atoms with Crippen LogP contribution in [-0.4, -0.2) is 47.6 Å². The Bertz CT molecular complexity index is 414. The second kappa shape index (κ2) is 6.98. The minimum atomic E-state index is 0.00431. The highest BCUT2D eigenvalue weighted by molar-refractivity contribution is 7.09. The van der Waals surface area contributed by atoms with Crippen LogP contribution < -0.4 is 5.32 Å². The number of likely N-dealkylation sites (N-methyl/N-ethyl adjacent to an activating group) is 1. The Morgan fingerprint density at radius 1 is 1.58 bits per heavy atom. The van der Waals surface area contributed by atoms with E-state index in [2.05, 4.69) is 15.2 Å². The first-order valence-electron chi connectivity index (χ1n) is 6.68. The van der Waals surface area contributed by atoms with Crippen LogP contribution in [0.1, 0.15) is 23.5 Å². The highest BCUT2D eigenvalue weighted by Crippen LogP contribution is 2.19. The SMILES string of the molecule is CNC(=O)Cc1nc(CN2CCC(CO)CC2)cs1. The molecule has 0 bridgehead atoms. The number of carbonyl (C=O) groups excluding carboxylic acids is 1. The minimum absolute atomic E-state index is 0.00431. The van der Waals surface area contributed by atoms with Gasteiger partial charge in [0, 0.05) is 25.6 Å². The Kier molecular flexibility index (Phi) is 5.30. The number of thiazole rings is 1. The van der Waals surface area contributed by atoms with Crippen LogP contribution in [-0.2, 0) is 17.8 Å². The van der Waals surface area contributed by atoms with Crippen LogP contribution in [0.15, 0.2) is 5.38 Å². The summed E-state index contributed by atoms with van der Waals surface area (Å²) in [7, 11) is 1.64. The molecule has 1 aromatic rings. The van der Waals surface area contributed by atoms with Gasteiger partial charge < -0.3 is 10.4 Å². The first-order valence-corrected chi connectivity index (χ1v) is 7.56. The van der Waals surface area contributed by atoms with Gasteiger partial charge in [-0.1, -0.05) is 0 Å². The van der Waals surface area contributed by atoms with Crippen molar-refractivity contribution in [3.8, 4) is 0 Å². The number of nitrogens with zero attached hydrogens (tertiary/aromatic N) is 2. The lowest BCUT2D eigenvalue weighted by molar-refractivity contribution is -0.119. The second-order valence-electron chi connectivity index (χ2n) is 4.98. The van der Waals surface area contributed by atoms with E-state index < -0.39 is 0 Å². The quantitative estimate of drug-likeness (QED) is 0.832. The van der Waals surface area contributed by atoms with Crippen molar-refractivity contribution < 1.29 is 9.90 Å². The molecule has 0 radical (unpaired) electrons. The van der Waals surface area contributed by atoms with Crippen molar-refractivity contribution in [2.75, 3.05) is 26.7 Å². The van der Waals surface area contributed by atoms with Gasteiger partial charge in [0.15, 0.2) is 0 Å². The van der Waals surface area contributed by atoms with Gasteiger partial charge in [-0.25, -0.2) is 4.98 Å². The summed E-state index contributed by atoms with van der Waals surface area (Å²) in [5, 5.41) is 14.6. The first-order chi connectivity index (χ1) is 9.21. The monoisotopic (exact) mass is 283 g/mol. The third-order valence-electron chi connectivity index (χ3n) is 3.54. The van der Waals surface area contributed by atoms with Crippen molar-refractivity contribution in [3.63, 3.8) is 0 Å². The van der Waals surface area contributed by atoms with E-state index >= 15 is 0 Å². The summed E-state index contributed by atoms with van der Waals surface area (Å²) >= 11 is 1.55. The molecule has 2 N–H and O–H groups in total. The van der Waals surface area contributed by atoms with Gasteiger partial charge in [0.1, 0.15) is 5.01 Å². The maximum Gasteiger partial charge on any atom is 0.226 e. The molecule has 0 saturated carbocycles. The molecule has 0 atom stereocenters. The van der Waals surface area contributed by atoms with Crippen molar-refractivity contribution in [1.29, 1.82) is 0 Å². The average Bonchev–Trinajstić information content (AvgIpc) is 2.86.